The number of hydrogen-bond donors (Lipinski definition) is 1. The van der Waals surface area contributed by atoms with E-state index in [4.69, 9.17) is 0 Å². The Balaban J connectivity index is 4.39. The zero-order chi connectivity index (χ0) is 17.3. The monoisotopic (exact) mass is 323 g/mol. The molecule has 0 radical (unpaired) electrons. The zero-order valence-electron chi connectivity index (χ0n) is 15.5. The van der Waals surface area contributed by atoms with Gasteiger partial charge in [0.1, 0.15) is 6.29 Å². The Bertz CT molecular complexity index is 337. The van der Waals surface area contributed by atoms with Crippen molar-refractivity contribution < 1.29 is 9.59 Å². The van der Waals surface area contributed by atoms with Crippen molar-refractivity contribution in [2.45, 2.75) is 91.4 Å². The van der Waals surface area contributed by atoms with E-state index in [1.165, 1.54) is 51.4 Å². The summed E-state index contributed by atoms with van der Waals surface area (Å²) in [4.78, 5) is 22.7. The minimum absolute atomic E-state index is 0.0620. The van der Waals surface area contributed by atoms with Gasteiger partial charge in [0, 0.05) is 5.57 Å². The van der Waals surface area contributed by atoms with Crippen molar-refractivity contribution in [3.63, 3.8) is 0 Å². The summed E-state index contributed by atoms with van der Waals surface area (Å²) in [5.74, 6) is 0.368. The Morgan fingerprint density at radius 1 is 0.957 bits per heavy atom. The molecular weight excluding hydrogens is 286 g/mol. The van der Waals surface area contributed by atoms with E-state index in [2.05, 4.69) is 32.2 Å². The van der Waals surface area contributed by atoms with Crippen molar-refractivity contribution in [1.82, 2.24) is 5.32 Å². The number of nitrogens with one attached hydrogen (secondary N) is 1. The Hall–Kier alpha value is -1.12. The second kappa shape index (κ2) is 15.8. The summed E-state index contributed by atoms with van der Waals surface area (Å²) in [5.41, 5.74) is 0.867. The number of aldehydes is 1. The van der Waals surface area contributed by atoms with E-state index in [1.54, 1.807) is 0 Å². The van der Waals surface area contributed by atoms with Gasteiger partial charge in [-0.1, -0.05) is 78.2 Å². The lowest BCUT2D eigenvalue weighted by Crippen LogP contribution is -2.27. The molecule has 0 aliphatic rings. The molecule has 0 aromatic rings. The molecule has 1 N–H and O–H groups in total. The zero-order valence-corrected chi connectivity index (χ0v) is 15.5. The molecule has 0 spiro atoms. The summed E-state index contributed by atoms with van der Waals surface area (Å²) in [6.45, 7) is 6.72. The predicted octanol–water partition coefficient (Wildman–Crippen LogP) is 5.19. The molecule has 1 atom stereocenters. The number of unbranched alkanes of at least 4 members (excludes halogenated alkanes) is 7. The summed E-state index contributed by atoms with van der Waals surface area (Å²) in [5, 5.41) is 2.69. The third kappa shape index (κ3) is 13.1. The van der Waals surface area contributed by atoms with E-state index in [9.17, 15) is 9.59 Å². The van der Waals surface area contributed by atoms with Gasteiger partial charge in [0.15, 0.2) is 0 Å². The smallest absolute Gasteiger partial charge is 0.247 e. The molecule has 0 aromatic carbocycles. The Kier molecular flexibility index (Phi) is 15.0. The predicted molar refractivity (Wildman–Crippen MR) is 98.5 cm³/mol. The average molecular weight is 324 g/mol. The first-order chi connectivity index (χ1) is 11.2. The van der Waals surface area contributed by atoms with Crippen LogP contribution in [0.3, 0.4) is 0 Å². The van der Waals surface area contributed by atoms with Gasteiger partial charge in [-0.25, -0.2) is 0 Å². The number of carbonyl (C=O) groups is 2. The summed E-state index contributed by atoms with van der Waals surface area (Å²) >= 11 is 0. The fourth-order valence-corrected chi connectivity index (χ4v) is 2.76. The first-order valence-corrected chi connectivity index (χ1v) is 9.58. The van der Waals surface area contributed by atoms with Crippen LogP contribution in [0.1, 0.15) is 91.4 Å². The summed E-state index contributed by atoms with van der Waals surface area (Å²) in [6, 6.07) is 0. The first kappa shape index (κ1) is 21.9. The lowest BCUT2D eigenvalue weighted by Gasteiger charge is -2.12. The van der Waals surface area contributed by atoms with E-state index >= 15 is 0 Å². The fourth-order valence-electron chi connectivity index (χ4n) is 2.76. The quantitative estimate of drug-likeness (QED) is 0.256. The van der Waals surface area contributed by atoms with E-state index in [-0.39, 0.29) is 12.5 Å². The van der Waals surface area contributed by atoms with E-state index in [0.29, 0.717) is 5.92 Å². The van der Waals surface area contributed by atoms with Crippen molar-refractivity contribution in [3.8, 4) is 0 Å². The summed E-state index contributed by atoms with van der Waals surface area (Å²) < 4.78 is 0. The molecule has 0 rings (SSSR count). The van der Waals surface area contributed by atoms with Gasteiger partial charge in [0.05, 0.1) is 6.54 Å². The van der Waals surface area contributed by atoms with Crippen LogP contribution in [-0.4, -0.2) is 18.7 Å². The molecule has 0 bridgehead atoms. The minimum atomic E-state index is -0.0620. The number of amides is 1. The Morgan fingerprint density at radius 3 is 2.17 bits per heavy atom. The Morgan fingerprint density at radius 2 is 1.57 bits per heavy atom. The topological polar surface area (TPSA) is 46.2 Å². The van der Waals surface area contributed by atoms with Crippen LogP contribution in [-0.2, 0) is 9.59 Å². The highest BCUT2D eigenvalue weighted by molar-refractivity contribution is 5.94. The summed E-state index contributed by atoms with van der Waals surface area (Å²) in [7, 11) is 0. The van der Waals surface area contributed by atoms with Crippen LogP contribution in [0.15, 0.2) is 11.6 Å². The van der Waals surface area contributed by atoms with E-state index < -0.39 is 0 Å². The van der Waals surface area contributed by atoms with Crippen LogP contribution in [0.5, 0.6) is 0 Å². The van der Waals surface area contributed by atoms with Crippen molar-refractivity contribution in [3.05, 3.63) is 11.6 Å². The van der Waals surface area contributed by atoms with Crippen LogP contribution in [0.25, 0.3) is 0 Å². The summed E-state index contributed by atoms with van der Waals surface area (Å²) in [6.07, 6.45) is 15.9. The van der Waals surface area contributed by atoms with E-state index in [1.807, 2.05) is 0 Å². The molecule has 0 fully saturated rings. The van der Waals surface area contributed by atoms with Gasteiger partial charge < -0.3 is 10.1 Å². The van der Waals surface area contributed by atoms with Crippen LogP contribution in [0.4, 0.5) is 0 Å². The molecule has 0 saturated heterocycles. The third-order valence-electron chi connectivity index (χ3n) is 4.19. The molecule has 3 nitrogen and oxygen atoms in total. The van der Waals surface area contributed by atoms with Crippen LogP contribution >= 0.6 is 0 Å². The highest BCUT2D eigenvalue weighted by atomic mass is 16.2. The normalized spacial score (nSPS) is 12.9. The maximum atomic E-state index is 12.2. The number of rotatable bonds is 15. The standard InChI is InChI=1S/C20H37NO2/c1-4-6-8-10-12-14-19(20(23)21-15-16-22)17-18(3)13-11-9-7-5-2/h16-18H,4-15H2,1-3H3,(H,21,23)/b19-17+. The molecule has 3 heteroatoms. The molecular formula is C20H37NO2. The second-order valence-corrected chi connectivity index (χ2v) is 6.56. The molecule has 1 amide bonds. The number of hydrogen-bond acceptors (Lipinski definition) is 2. The molecule has 0 heterocycles. The highest BCUT2D eigenvalue weighted by Crippen LogP contribution is 2.17. The minimum Gasteiger partial charge on any atom is -0.346 e. The van der Waals surface area contributed by atoms with Gasteiger partial charge in [-0.2, -0.15) is 0 Å². The molecule has 0 aromatic heterocycles. The third-order valence-corrected chi connectivity index (χ3v) is 4.19. The van der Waals surface area contributed by atoms with Crippen LogP contribution < -0.4 is 5.32 Å². The molecule has 23 heavy (non-hydrogen) atoms. The maximum Gasteiger partial charge on any atom is 0.247 e. The molecule has 134 valence electrons. The number of carbonyl (C=O) groups excluding carboxylic acids is 2. The Labute approximate surface area is 143 Å². The molecule has 0 aliphatic heterocycles. The van der Waals surface area contributed by atoms with Crippen molar-refractivity contribution in [2.24, 2.45) is 5.92 Å². The van der Waals surface area contributed by atoms with Crippen molar-refractivity contribution >= 4 is 12.2 Å². The van der Waals surface area contributed by atoms with Crippen molar-refractivity contribution in [1.29, 1.82) is 0 Å². The highest BCUT2D eigenvalue weighted by Gasteiger charge is 2.10. The molecule has 0 saturated carbocycles. The van der Waals surface area contributed by atoms with Gasteiger partial charge in [-0.3, -0.25) is 4.79 Å². The van der Waals surface area contributed by atoms with Gasteiger partial charge >= 0.3 is 0 Å². The van der Waals surface area contributed by atoms with Gasteiger partial charge in [-0.05, 0) is 25.2 Å². The van der Waals surface area contributed by atoms with E-state index in [0.717, 1.165) is 31.1 Å². The number of allylic oxidation sites excluding steroid dienone is 1. The SMILES string of the molecule is CCCCCCC/C(=C\C(C)CCCCCC)C(=O)NCC=O. The average Bonchev–Trinajstić information content (AvgIpc) is 2.55. The largest absolute Gasteiger partial charge is 0.346 e. The molecule has 0 aliphatic carbocycles. The maximum absolute atomic E-state index is 12.2. The lowest BCUT2D eigenvalue weighted by molar-refractivity contribution is -0.119. The van der Waals surface area contributed by atoms with Crippen molar-refractivity contribution in [2.75, 3.05) is 6.54 Å². The van der Waals surface area contributed by atoms with Crippen LogP contribution in [0.2, 0.25) is 0 Å². The second-order valence-electron chi connectivity index (χ2n) is 6.56. The molecule has 1 unspecified atom stereocenters. The van der Waals surface area contributed by atoms with Gasteiger partial charge in [0.25, 0.3) is 0 Å². The van der Waals surface area contributed by atoms with Gasteiger partial charge in [0.2, 0.25) is 5.91 Å². The fraction of sp³-hybridized carbons (Fsp3) is 0.800. The lowest BCUT2D eigenvalue weighted by atomic mass is 9.96. The van der Waals surface area contributed by atoms with Crippen LogP contribution in [0, 0.1) is 5.92 Å². The first-order valence-electron chi connectivity index (χ1n) is 9.58. The van der Waals surface area contributed by atoms with Gasteiger partial charge in [-0.15, -0.1) is 0 Å².